The standard InChI is InChI=1S/C11H15N3O/c1-3-14(6-7-15-2)11-9-13-5-4-10(11)8-12/h4-5,9H,3,6-7H2,1-2H3. The lowest BCUT2D eigenvalue weighted by Gasteiger charge is -2.22. The lowest BCUT2D eigenvalue weighted by molar-refractivity contribution is 0.205. The Bertz CT molecular complexity index is 346. The monoisotopic (exact) mass is 205 g/mol. The summed E-state index contributed by atoms with van der Waals surface area (Å²) in [6.45, 7) is 4.30. The van der Waals surface area contributed by atoms with Gasteiger partial charge in [0, 0.05) is 26.4 Å². The van der Waals surface area contributed by atoms with Crippen LogP contribution in [0.5, 0.6) is 0 Å². The zero-order valence-electron chi connectivity index (χ0n) is 9.10. The average Bonchev–Trinajstić information content (AvgIpc) is 2.30. The van der Waals surface area contributed by atoms with Gasteiger partial charge in [0.1, 0.15) is 6.07 Å². The highest BCUT2D eigenvalue weighted by atomic mass is 16.5. The van der Waals surface area contributed by atoms with Crippen molar-refractivity contribution in [2.24, 2.45) is 0 Å². The fourth-order valence-corrected chi connectivity index (χ4v) is 1.38. The number of ether oxygens (including phenoxy) is 1. The molecule has 80 valence electrons. The third-order valence-corrected chi connectivity index (χ3v) is 2.21. The van der Waals surface area contributed by atoms with Gasteiger partial charge in [-0.2, -0.15) is 5.26 Å². The smallest absolute Gasteiger partial charge is 0.101 e. The van der Waals surface area contributed by atoms with E-state index in [9.17, 15) is 0 Å². The lowest BCUT2D eigenvalue weighted by Crippen LogP contribution is -2.27. The van der Waals surface area contributed by atoms with Crippen LogP contribution in [0.2, 0.25) is 0 Å². The van der Waals surface area contributed by atoms with Gasteiger partial charge in [-0.3, -0.25) is 4.98 Å². The van der Waals surface area contributed by atoms with Crippen LogP contribution in [0, 0.1) is 11.3 Å². The lowest BCUT2D eigenvalue weighted by atomic mass is 10.2. The van der Waals surface area contributed by atoms with E-state index in [4.69, 9.17) is 10.00 Å². The highest BCUT2D eigenvalue weighted by molar-refractivity contribution is 5.57. The SMILES string of the molecule is CCN(CCOC)c1cnccc1C#N. The summed E-state index contributed by atoms with van der Waals surface area (Å²) in [6, 6.07) is 3.89. The van der Waals surface area contributed by atoms with E-state index in [0.29, 0.717) is 12.2 Å². The first-order chi connectivity index (χ1) is 7.33. The van der Waals surface area contributed by atoms with Gasteiger partial charge in [-0.15, -0.1) is 0 Å². The van der Waals surface area contributed by atoms with E-state index in [1.165, 1.54) is 0 Å². The number of aromatic nitrogens is 1. The largest absolute Gasteiger partial charge is 0.383 e. The zero-order valence-corrected chi connectivity index (χ0v) is 9.10. The Hall–Kier alpha value is -1.60. The molecule has 4 nitrogen and oxygen atoms in total. The maximum atomic E-state index is 8.95. The number of hydrogen-bond donors (Lipinski definition) is 0. The van der Waals surface area contributed by atoms with Gasteiger partial charge < -0.3 is 9.64 Å². The Kier molecular flexibility index (Phi) is 4.58. The molecule has 0 bridgehead atoms. The number of nitriles is 1. The van der Waals surface area contributed by atoms with Crippen molar-refractivity contribution in [3.8, 4) is 6.07 Å². The minimum absolute atomic E-state index is 0.646. The number of likely N-dealkylation sites (N-methyl/N-ethyl adjacent to an activating group) is 1. The van der Waals surface area contributed by atoms with Crippen LogP contribution >= 0.6 is 0 Å². The fourth-order valence-electron chi connectivity index (χ4n) is 1.38. The van der Waals surface area contributed by atoms with Crippen LogP contribution in [-0.4, -0.2) is 31.8 Å². The first kappa shape index (κ1) is 11.5. The molecule has 0 atom stereocenters. The van der Waals surface area contributed by atoms with Gasteiger partial charge in [0.05, 0.1) is 24.1 Å². The zero-order chi connectivity index (χ0) is 11.1. The van der Waals surface area contributed by atoms with Crippen LogP contribution in [0.25, 0.3) is 0 Å². The Morgan fingerprint density at radius 3 is 3.00 bits per heavy atom. The van der Waals surface area contributed by atoms with E-state index in [0.717, 1.165) is 18.8 Å². The van der Waals surface area contributed by atoms with E-state index >= 15 is 0 Å². The third-order valence-electron chi connectivity index (χ3n) is 2.21. The topological polar surface area (TPSA) is 49.1 Å². The Morgan fingerprint density at radius 2 is 2.40 bits per heavy atom. The van der Waals surface area contributed by atoms with Gasteiger partial charge in [-0.25, -0.2) is 0 Å². The first-order valence-corrected chi connectivity index (χ1v) is 4.91. The van der Waals surface area contributed by atoms with Crippen LogP contribution in [0.15, 0.2) is 18.5 Å². The maximum absolute atomic E-state index is 8.95. The van der Waals surface area contributed by atoms with E-state index in [2.05, 4.69) is 16.0 Å². The van der Waals surface area contributed by atoms with Crippen LogP contribution in [-0.2, 0) is 4.74 Å². The van der Waals surface area contributed by atoms with Crippen LogP contribution in [0.3, 0.4) is 0 Å². The summed E-state index contributed by atoms with van der Waals surface area (Å²) in [5, 5.41) is 8.95. The second-order valence-electron chi connectivity index (χ2n) is 3.08. The van der Waals surface area contributed by atoms with Gasteiger partial charge in [0.2, 0.25) is 0 Å². The van der Waals surface area contributed by atoms with Crippen LogP contribution in [0.4, 0.5) is 5.69 Å². The first-order valence-electron chi connectivity index (χ1n) is 4.91. The number of rotatable bonds is 5. The van der Waals surface area contributed by atoms with Crippen molar-refractivity contribution < 1.29 is 4.74 Å². The average molecular weight is 205 g/mol. The summed E-state index contributed by atoms with van der Waals surface area (Å²) in [6.07, 6.45) is 3.35. The molecule has 15 heavy (non-hydrogen) atoms. The Balaban J connectivity index is 2.86. The van der Waals surface area contributed by atoms with Crippen molar-refractivity contribution in [2.45, 2.75) is 6.92 Å². The summed E-state index contributed by atoms with van der Waals surface area (Å²) in [5.74, 6) is 0. The molecule has 4 heteroatoms. The molecule has 0 saturated carbocycles. The van der Waals surface area contributed by atoms with Gasteiger partial charge in [0.25, 0.3) is 0 Å². The quantitative estimate of drug-likeness (QED) is 0.729. The molecule has 1 aromatic rings. The molecule has 1 aromatic heterocycles. The molecule has 0 unspecified atom stereocenters. The molecule has 0 spiro atoms. The molecule has 1 heterocycles. The van der Waals surface area contributed by atoms with Crippen molar-refractivity contribution in [3.63, 3.8) is 0 Å². The summed E-state index contributed by atoms with van der Waals surface area (Å²) in [5.41, 5.74) is 1.53. The van der Waals surface area contributed by atoms with Gasteiger partial charge in [-0.05, 0) is 13.0 Å². The molecule has 0 amide bonds. The van der Waals surface area contributed by atoms with Crippen LogP contribution in [0.1, 0.15) is 12.5 Å². The summed E-state index contributed by atoms with van der Waals surface area (Å²) in [4.78, 5) is 6.12. The Morgan fingerprint density at radius 1 is 1.60 bits per heavy atom. The second kappa shape index (κ2) is 5.99. The second-order valence-corrected chi connectivity index (χ2v) is 3.08. The minimum Gasteiger partial charge on any atom is -0.383 e. The van der Waals surface area contributed by atoms with Crippen LogP contribution < -0.4 is 4.90 Å². The summed E-state index contributed by atoms with van der Waals surface area (Å²) in [7, 11) is 1.67. The highest BCUT2D eigenvalue weighted by Crippen LogP contribution is 2.17. The van der Waals surface area contributed by atoms with Gasteiger partial charge in [-0.1, -0.05) is 0 Å². The fraction of sp³-hybridized carbons (Fsp3) is 0.455. The predicted octanol–water partition coefficient (Wildman–Crippen LogP) is 1.43. The molecule has 1 rings (SSSR count). The number of anilines is 1. The van der Waals surface area contributed by atoms with E-state index in [1.54, 1.807) is 25.6 Å². The third kappa shape index (κ3) is 2.93. The van der Waals surface area contributed by atoms with Crippen molar-refractivity contribution in [1.82, 2.24) is 4.98 Å². The molecule has 0 radical (unpaired) electrons. The number of methoxy groups -OCH3 is 1. The highest BCUT2D eigenvalue weighted by Gasteiger charge is 2.08. The maximum Gasteiger partial charge on any atom is 0.101 e. The molecule has 0 aromatic carbocycles. The number of nitrogens with zero attached hydrogens (tertiary/aromatic N) is 3. The molecule has 0 fully saturated rings. The molecule has 0 aliphatic rings. The molecule has 0 aliphatic carbocycles. The van der Waals surface area contributed by atoms with E-state index in [1.807, 2.05) is 6.92 Å². The molecule has 0 N–H and O–H groups in total. The van der Waals surface area contributed by atoms with Crippen molar-refractivity contribution >= 4 is 5.69 Å². The summed E-state index contributed by atoms with van der Waals surface area (Å²) < 4.78 is 5.02. The van der Waals surface area contributed by atoms with Crippen molar-refractivity contribution in [1.29, 1.82) is 5.26 Å². The van der Waals surface area contributed by atoms with Crippen molar-refractivity contribution in [2.75, 3.05) is 31.7 Å². The van der Waals surface area contributed by atoms with Gasteiger partial charge >= 0.3 is 0 Å². The number of hydrogen-bond acceptors (Lipinski definition) is 4. The number of pyridine rings is 1. The van der Waals surface area contributed by atoms with Gasteiger partial charge in [0.15, 0.2) is 0 Å². The minimum atomic E-state index is 0.646. The Labute approximate surface area is 90.1 Å². The predicted molar refractivity (Wildman–Crippen MR) is 58.7 cm³/mol. The van der Waals surface area contributed by atoms with E-state index < -0.39 is 0 Å². The normalized spacial score (nSPS) is 9.67. The summed E-state index contributed by atoms with van der Waals surface area (Å²) >= 11 is 0. The van der Waals surface area contributed by atoms with Crippen molar-refractivity contribution in [3.05, 3.63) is 24.0 Å². The molecule has 0 aliphatic heterocycles. The molecular formula is C11H15N3O. The molecule has 0 saturated heterocycles. The van der Waals surface area contributed by atoms with E-state index in [-0.39, 0.29) is 0 Å². The molecular weight excluding hydrogens is 190 g/mol.